The zero-order chi connectivity index (χ0) is 11.9. The maximum atomic E-state index is 11.5. The lowest BCUT2D eigenvalue weighted by Crippen LogP contribution is -2.22. The predicted molar refractivity (Wildman–Crippen MR) is 64.4 cm³/mol. The van der Waals surface area contributed by atoms with Gasteiger partial charge in [0.25, 0.3) is 0 Å². The summed E-state index contributed by atoms with van der Waals surface area (Å²) in [4.78, 5) is 11.5. The van der Waals surface area contributed by atoms with E-state index in [1.54, 1.807) is 0 Å². The molecule has 0 radical (unpaired) electrons. The topological polar surface area (TPSA) is 17.1 Å². The molecule has 1 heteroatoms. The van der Waals surface area contributed by atoms with Gasteiger partial charge in [0.1, 0.15) is 5.78 Å². The summed E-state index contributed by atoms with van der Waals surface area (Å²) in [6, 6.07) is 0. The summed E-state index contributed by atoms with van der Waals surface area (Å²) < 4.78 is 0. The molecule has 1 atom stereocenters. The monoisotopic (exact) mass is 200 g/mol. The van der Waals surface area contributed by atoms with Gasteiger partial charge in [-0.05, 0) is 11.8 Å². The van der Waals surface area contributed by atoms with E-state index < -0.39 is 0 Å². The van der Waals surface area contributed by atoms with Gasteiger partial charge >= 0.3 is 0 Å². The smallest absolute Gasteiger partial charge is 0.138 e. The first kappa shape index (κ1) is 16.1. The van der Waals surface area contributed by atoms with Gasteiger partial charge in [-0.1, -0.05) is 55.4 Å². The Hall–Kier alpha value is -0.330. The summed E-state index contributed by atoms with van der Waals surface area (Å²) >= 11 is 0. The zero-order valence-electron chi connectivity index (χ0n) is 11.3. The second kappa shape index (κ2) is 7.03. The molecule has 0 saturated heterocycles. The van der Waals surface area contributed by atoms with Crippen LogP contribution in [0.1, 0.15) is 61.8 Å². The summed E-state index contributed by atoms with van der Waals surface area (Å²) in [6.45, 7) is 16.5. The molecular formula is C13H28O. The summed E-state index contributed by atoms with van der Waals surface area (Å²) in [7, 11) is 0. The highest BCUT2D eigenvalue weighted by Gasteiger charge is 2.22. The fourth-order valence-electron chi connectivity index (χ4n) is 1.59. The molecule has 0 aliphatic rings. The van der Waals surface area contributed by atoms with Crippen LogP contribution in [-0.4, -0.2) is 5.78 Å². The quantitative estimate of drug-likeness (QED) is 0.663. The molecule has 0 spiro atoms. The van der Waals surface area contributed by atoms with Crippen molar-refractivity contribution in [3.05, 3.63) is 0 Å². The first-order valence-electron chi connectivity index (χ1n) is 5.78. The number of Topliss-reactive ketones (excluding diaryl/α,β-unsaturated/α-hetero) is 1. The van der Waals surface area contributed by atoms with Gasteiger partial charge in [-0.25, -0.2) is 0 Å². The minimum atomic E-state index is 0.183. The van der Waals surface area contributed by atoms with Gasteiger partial charge in [0, 0.05) is 11.8 Å². The first-order valence-corrected chi connectivity index (χ1v) is 5.78. The second-order valence-electron chi connectivity index (χ2n) is 5.22. The molecule has 0 aliphatic heterocycles. The van der Waals surface area contributed by atoms with E-state index >= 15 is 0 Å². The molecule has 0 bridgehead atoms. The minimum Gasteiger partial charge on any atom is -0.299 e. The number of carbonyl (C=O) groups is 1. The molecule has 0 fully saturated rings. The molecule has 1 unspecified atom stereocenters. The Bertz CT molecular complexity index is 151. The van der Waals surface area contributed by atoms with Gasteiger partial charge < -0.3 is 0 Å². The van der Waals surface area contributed by atoms with Crippen molar-refractivity contribution in [2.75, 3.05) is 0 Å². The highest BCUT2D eigenvalue weighted by molar-refractivity contribution is 5.82. The minimum absolute atomic E-state index is 0.183. The highest BCUT2D eigenvalue weighted by atomic mass is 16.1. The van der Waals surface area contributed by atoms with Crippen LogP contribution in [0.15, 0.2) is 0 Å². The first-order chi connectivity index (χ1) is 6.24. The van der Waals surface area contributed by atoms with Crippen LogP contribution in [-0.2, 0) is 4.79 Å². The summed E-state index contributed by atoms with van der Waals surface area (Å²) in [5.74, 6) is 0.789. The molecule has 0 aromatic heterocycles. The largest absolute Gasteiger partial charge is 0.299 e. The van der Waals surface area contributed by atoms with Crippen molar-refractivity contribution in [3.8, 4) is 0 Å². The molecule has 0 heterocycles. The van der Waals surface area contributed by atoms with Crippen molar-refractivity contribution in [1.82, 2.24) is 0 Å². The fraction of sp³-hybridized carbons (Fsp3) is 0.923. The van der Waals surface area contributed by atoms with Crippen LogP contribution in [0.3, 0.4) is 0 Å². The summed E-state index contributed by atoms with van der Waals surface area (Å²) in [6.07, 6.45) is 0.990. The fourth-order valence-corrected chi connectivity index (χ4v) is 1.59. The molecule has 0 aliphatic carbocycles. The Morgan fingerprint density at radius 3 is 1.64 bits per heavy atom. The summed E-state index contributed by atoms with van der Waals surface area (Å²) in [5.41, 5.74) is 0.268. The van der Waals surface area contributed by atoms with Crippen LogP contribution in [0.5, 0.6) is 0 Å². The normalized spacial score (nSPS) is 13.2. The van der Waals surface area contributed by atoms with Crippen molar-refractivity contribution in [2.45, 2.75) is 61.8 Å². The Kier molecular flexibility index (Phi) is 8.09. The molecule has 86 valence electrons. The molecule has 0 amide bonds. The SMILES string of the molecule is CC.CC(C)C(=O)C(C)CC(C)(C)C. The van der Waals surface area contributed by atoms with Crippen LogP contribution < -0.4 is 0 Å². The van der Waals surface area contributed by atoms with Crippen molar-refractivity contribution in [2.24, 2.45) is 17.3 Å². The lowest BCUT2D eigenvalue weighted by molar-refractivity contribution is -0.126. The van der Waals surface area contributed by atoms with Crippen LogP contribution in [0.2, 0.25) is 0 Å². The van der Waals surface area contributed by atoms with Gasteiger partial charge in [-0.3, -0.25) is 4.79 Å². The van der Waals surface area contributed by atoms with E-state index in [2.05, 4.69) is 20.8 Å². The number of hydrogen-bond donors (Lipinski definition) is 0. The van der Waals surface area contributed by atoms with E-state index in [1.165, 1.54) is 0 Å². The van der Waals surface area contributed by atoms with Crippen molar-refractivity contribution < 1.29 is 4.79 Å². The molecule has 1 nitrogen and oxygen atoms in total. The number of carbonyl (C=O) groups excluding carboxylic acids is 1. The van der Waals surface area contributed by atoms with Crippen LogP contribution in [0, 0.1) is 17.3 Å². The van der Waals surface area contributed by atoms with Crippen LogP contribution in [0.4, 0.5) is 0 Å². The van der Waals surface area contributed by atoms with E-state index in [1.807, 2.05) is 34.6 Å². The molecule has 0 N–H and O–H groups in total. The molecule has 0 aromatic carbocycles. The van der Waals surface area contributed by atoms with Gasteiger partial charge in [0.05, 0.1) is 0 Å². The number of hydrogen-bond acceptors (Lipinski definition) is 1. The zero-order valence-corrected chi connectivity index (χ0v) is 11.3. The van der Waals surface area contributed by atoms with E-state index in [-0.39, 0.29) is 17.3 Å². The molecular weight excluding hydrogens is 172 g/mol. The summed E-state index contributed by atoms with van der Waals surface area (Å²) in [5, 5.41) is 0. The third-order valence-electron chi connectivity index (χ3n) is 1.97. The van der Waals surface area contributed by atoms with Crippen LogP contribution in [0.25, 0.3) is 0 Å². The Morgan fingerprint density at radius 2 is 1.43 bits per heavy atom. The lowest BCUT2D eigenvalue weighted by Gasteiger charge is -2.23. The van der Waals surface area contributed by atoms with Crippen molar-refractivity contribution in [1.29, 1.82) is 0 Å². The molecule has 0 aromatic rings. The van der Waals surface area contributed by atoms with Crippen LogP contribution >= 0.6 is 0 Å². The van der Waals surface area contributed by atoms with E-state index in [0.29, 0.717) is 5.78 Å². The Labute approximate surface area is 90.3 Å². The van der Waals surface area contributed by atoms with E-state index in [9.17, 15) is 4.79 Å². The van der Waals surface area contributed by atoms with Gasteiger partial charge in [-0.2, -0.15) is 0 Å². The van der Waals surface area contributed by atoms with Crippen molar-refractivity contribution in [3.63, 3.8) is 0 Å². The Morgan fingerprint density at radius 1 is 1.07 bits per heavy atom. The lowest BCUT2D eigenvalue weighted by atomic mass is 9.81. The number of ketones is 1. The highest BCUT2D eigenvalue weighted by Crippen LogP contribution is 2.25. The van der Waals surface area contributed by atoms with Gasteiger partial charge in [0.15, 0.2) is 0 Å². The molecule has 0 rings (SSSR count). The third-order valence-corrected chi connectivity index (χ3v) is 1.97. The maximum Gasteiger partial charge on any atom is 0.138 e. The van der Waals surface area contributed by atoms with Crippen molar-refractivity contribution >= 4 is 5.78 Å². The predicted octanol–water partition coefficient (Wildman–Crippen LogP) is 4.31. The number of rotatable bonds is 3. The van der Waals surface area contributed by atoms with Gasteiger partial charge in [-0.15, -0.1) is 0 Å². The standard InChI is InChI=1S/C11H22O.C2H6/c1-8(2)10(12)9(3)7-11(4,5)6;1-2/h8-9H,7H2,1-6H3;1-2H3. The second-order valence-corrected chi connectivity index (χ2v) is 5.22. The average molecular weight is 200 g/mol. The third kappa shape index (κ3) is 8.28. The van der Waals surface area contributed by atoms with E-state index in [0.717, 1.165) is 6.42 Å². The van der Waals surface area contributed by atoms with Gasteiger partial charge in [0.2, 0.25) is 0 Å². The molecule has 0 saturated carbocycles. The average Bonchev–Trinajstić information content (AvgIpc) is 2.03. The van der Waals surface area contributed by atoms with E-state index in [4.69, 9.17) is 0 Å². The molecule has 14 heavy (non-hydrogen) atoms. The Balaban J connectivity index is 0. The maximum absolute atomic E-state index is 11.5.